The lowest BCUT2D eigenvalue weighted by atomic mass is 10.3. The summed E-state index contributed by atoms with van der Waals surface area (Å²) in [5, 5.41) is -0.116. The summed E-state index contributed by atoms with van der Waals surface area (Å²) in [6.45, 7) is 0. The number of alkyl halides is 6. The second kappa shape index (κ2) is 5.63. The van der Waals surface area contributed by atoms with E-state index in [4.69, 9.17) is 0 Å². The zero-order chi connectivity index (χ0) is 13.2. The van der Waals surface area contributed by atoms with E-state index >= 15 is 0 Å². The Morgan fingerprint density at radius 2 is 2.00 bits per heavy atom. The summed E-state index contributed by atoms with van der Waals surface area (Å²) >= 11 is 4.35. The molecule has 1 heterocycles. The highest BCUT2D eigenvalue weighted by Crippen LogP contribution is 2.32. The van der Waals surface area contributed by atoms with Gasteiger partial charge in [-0.25, -0.2) is 13.8 Å². The molecule has 0 aliphatic heterocycles. The van der Waals surface area contributed by atoms with Gasteiger partial charge < -0.3 is 4.74 Å². The van der Waals surface area contributed by atoms with Crippen molar-refractivity contribution in [2.45, 2.75) is 18.1 Å². The SMILES string of the molecule is FC(F)c1nc(CBr)c(OC(F)(F)F)cc1I. The molecule has 0 unspecified atom stereocenters. The fraction of sp³-hybridized carbons (Fsp3) is 0.375. The van der Waals surface area contributed by atoms with E-state index in [0.717, 1.165) is 6.07 Å². The first-order chi connectivity index (χ1) is 7.74. The van der Waals surface area contributed by atoms with E-state index in [-0.39, 0.29) is 14.6 Å². The molecule has 17 heavy (non-hydrogen) atoms. The van der Waals surface area contributed by atoms with Crippen molar-refractivity contribution in [3.8, 4) is 5.75 Å². The van der Waals surface area contributed by atoms with Crippen LogP contribution >= 0.6 is 38.5 Å². The van der Waals surface area contributed by atoms with Gasteiger partial charge in [0.2, 0.25) is 0 Å². The summed E-state index contributed by atoms with van der Waals surface area (Å²) in [7, 11) is 0. The van der Waals surface area contributed by atoms with E-state index in [2.05, 4.69) is 25.7 Å². The number of hydrogen-bond donors (Lipinski definition) is 0. The molecule has 0 bridgehead atoms. The molecule has 0 aliphatic rings. The maximum atomic E-state index is 12.5. The molecule has 9 heteroatoms. The number of aromatic nitrogens is 1. The van der Waals surface area contributed by atoms with Crippen LogP contribution in [0.1, 0.15) is 17.8 Å². The van der Waals surface area contributed by atoms with Crippen molar-refractivity contribution < 1.29 is 26.7 Å². The number of hydrogen-bond acceptors (Lipinski definition) is 2. The molecule has 0 aliphatic carbocycles. The first kappa shape index (κ1) is 14.9. The third-order valence-electron chi connectivity index (χ3n) is 1.60. The van der Waals surface area contributed by atoms with Gasteiger partial charge in [-0.1, -0.05) is 15.9 Å². The molecule has 1 aromatic rings. The Kier molecular flexibility index (Phi) is 4.93. The van der Waals surface area contributed by atoms with Gasteiger partial charge in [-0.2, -0.15) is 0 Å². The monoisotopic (exact) mass is 431 g/mol. The van der Waals surface area contributed by atoms with E-state index in [1.165, 1.54) is 22.6 Å². The number of halogens is 7. The Bertz CT molecular complexity index is 412. The molecule has 0 saturated carbocycles. The molecule has 0 atom stereocenters. The van der Waals surface area contributed by atoms with Crippen molar-refractivity contribution in [2.24, 2.45) is 0 Å². The second-order valence-corrected chi connectivity index (χ2v) is 4.51. The van der Waals surface area contributed by atoms with E-state index in [1.807, 2.05) is 0 Å². The van der Waals surface area contributed by atoms with Crippen LogP contribution in [0.4, 0.5) is 22.0 Å². The molecule has 2 nitrogen and oxygen atoms in total. The summed E-state index contributed by atoms with van der Waals surface area (Å²) in [4.78, 5) is 3.45. The zero-order valence-electron chi connectivity index (χ0n) is 7.86. The van der Waals surface area contributed by atoms with Crippen molar-refractivity contribution in [3.05, 3.63) is 21.0 Å². The van der Waals surface area contributed by atoms with Crippen molar-refractivity contribution in [3.63, 3.8) is 0 Å². The van der Waals surface area contributed by atoms with Crippen LogP contribution in [0.3, 0.4) is 0 Å². The highest BCUT2D eigenvalue weighted by molar-refractivity contribution is 14.1. The summed E-state index contributed by atoms with van der Waals surface area (Å²) in [5.41, 5.74) is -0.785. The predicted octanol–water partition coefficient (Wildman–Crippen LogP) is 4.42. The van der Waals surface area contributed by atoms with E-state index in [1.54, 1.807) is 0 Å². The number of nitrogens with zero attached hydrogens (tertiary/aromatic N) is 1. The van der Waals surface area contributed by atoms with Crippen LogP contribution in [-0.2, 0) is 5.33 Å². The maximum Gasteiger partial charge on any atom is 0.573 e. The number of ether oxygens (including phenoxy) is 1. The topological polar surface area (TPSA) is 22.1 Å². The first-order valence-electron chi connectivity index (χ1n) is 4.03. The molecule has 1 aromatic heterocycles. The summed E-state index contributed by atoms with van der Waals surface area (Å²) in [6.07, 6.45) is -7.73. The minimum absolute atomic E-state index is 0.0819. The molecule has 1 rings (SSSR count). The minimum Gasteiger partial charge on any atom is -0.404 e. The minimum atomic E-state index is -4.88. The van der Waals surface area contributed by atoms with Crippen LogP contribution in [0.2, 0.25) is 0 Å². The molecule has 0 amide bonds. The molecule has 0 aromatic carbocycles. The Morgan fingerprint density at radius 1 is 1.41 bits per heavy atom. The lowest BCUT2D eigenvalue weighted by molar-refractivity contribution is -0.275. The van der Waals surface area contributed by atoms with Gasteiger partial charge in [0.15, 0.2) is 5.75 Å². The average molecular weight is 432 g/mol. The molecule has 0 saturated heterocycles. The van der Waals surface area contributed by atoms with Gasteiger partial charge >= 0.3 is 6.36 Å². The van der Waals surface area contributed by atoms with Crippen molar-refractivity contribution in [1.29, 1.82) is 0 Å². The summed E-state index contributed by atoms with van der Waals surface area (Å²) < 4.78 is 64.6. The fourth-order valence-electron chi connectivity index (χ4n) is 0.988. The highest BCUT2D eigenvalue weighted by atomic mass is 127. The summed E-state index contributed by atoms with van der Waals surface area (Å²) in [5.74, 6) is -0.580. The van der Waals surface area contributed by atoms with Crippen molar-refractivity contribution in [2.75, 3.05) is 0 Å². The van der Waals surface area contributed by atoms with Gasteiger partial charge in [0.1, 0.15) is 5.69 Å². The van der Waals surface area contributed by atoms with Crippen LogP contribution < -0.4 is 4.74 Å². The molecular weight excluding hydrogens is 428 g/mol. The quantitative estimate of drug-likeness (QED) is 0.401. The van der Waals surface area contributed by atoms with Gasteiger partial charge in [0.25, 0.3) is 6.43 Å². The van der Waals surface area contributed by atoms with Crippen LogP contribution in [0.25, 0.3) is 0 Å². The summed E-state index contributed by atoms with van der Waals surface area (Å²) in [6, 6.07) is 0.888. The van der Waals surface area contributed by atoms with Crippen LogP contribution in [0, 0.1) is 3.57 Å². The Hall–Kier alpha value is -0.190. The van der Waals surface area contributed by atoms with E-state index < -0.39 is 24.2 Å². The molecule has 0 spiro atoms. The second-order valence-electron chi connectivity index (χ2n) is 2.78. The lowest BCUT2D eigenvalue weighted by Crippen LogP contribution is -2.19. The van der Waals surface area contributed by atoms with E-state index in [9.17, 15) is 22.0 Å². The van der Waals surface area contributed by atoms with Gasteiger partial charge in [0.05, 0.1) is 5.69 Å². The Morgan fingerprint density at radius 3 is 2.41 bits per heavy atom. The number of pyridine rings is 1. The molecule has 0 radical (unpaired) electrons. The fourth-order valence-corrected chi connectivity index (χ4v) is 2.03. The number of rotatable bonds is 3. The predicted molar refractivity (Wildman–Crippen MR) is 61.2 cm³/mol. The zero-order valence-corrected chi connectivity index (χ0v) is 11.6. The molecular formula is C8H4BrF5INO. The average Bonchev–Trinajstić information content (AvgIpc) is 2.14. The lowest BCUT2D eigenvalue weighted by Gasteiger charge is -2.13. The largest absolute Gasteiger partial charge is 0.573 e. The van der Waals surface area contributed by atoms with Crippen molar-refractivity contribution in [1.82, 2.24) is 4.98 Å². The van der Waals surface area contributed by atoms with Gasteiger partial charge in [-0.15, -0.1) is 13.2 Å². The molecule has 0 fully saturated rings. The maximum absolute atomic E-state index is 12.5. The Labute approximate surface area is 115 Å². The molecule has 0 N–H and O–H groups in total. The normalized spacial score (nSPS) is 12.0. The standard InChI is InChI=1S/C8H4BrF5INO/c9-2-4-5(17-8(12,13)14)1-3(15)6(16-4)7(10)11/h1,7H,2H2. The van der Waals surface area contributed by atoms with Crippen LogP contribution in [0.5, 0.6) is 5.75 Å². The third kappa shape index (κ3) is 4.19. The van der Waals surface area contributed by atoms with Gasteiger partial charge in [-0.3, -0.25) is 0 Å². The van der Waals surface area contributed by atoms with Gasteiger partial charge in [0, 0.05) is 8.90 Å². The van der Waals surface area contributed by atoms with Gasteiger partial charge in [-0.05, 0) is 28.7 Å². The molecule has 96 valence electrons. The van der Waals surface area contributed by atoms with Crippen LogP contribution in [0.15, 0.2) is 6.07 Å². The Balaban J connectivity index is 3.19. The highest BCUT2D eigenvalue weighted by Gasteiger charge is 2.33. The first-order valence-corrected chi connectivity index (χ1v) is 6.23. The smallest absolute Gasteiger partial charge is 0.404 e. The van der Waals surface area contributed by atoms with Crippen LogP contribution in [-0.4, -0.2) is 11.3 Å². The third-order valence-corrected chi connectivity index (χ3v) is 3.00. The van der Waals surface area contributed by atoms with E-state index in [0.29, 0.717) is 0 Å². The van der Waals surface area contributed by atoms with Crippen molar-refractivity contribution >= 4 is 38.5 Å².